The number of amides is 1. The second-order valence-electron chi connectivity index (χ2n) is 5.98. The Hall–Kier alpha value is -1.49. The van der Waals surface area contributed by atoms with Gasteiger partial charge in [-0.25, -0.2) is 8.78 Å². The molecule has 1 aromatic rings. The molecule has 1 aliphatic carbocycles. The van der Waals surface area contributed by atoms with Gasteiger partial charge in [-0.1, -0.05) is 0 Å². The summed E-state index contributed by atoms with van der Waals surface area (Å²) in [5, 5.41) is 5.95. The van der Waals surface area contributed by atoms with Gasteiger partial charge in [0.2, 0.25) is 0 Å². The van der Waals surface area contributed by atoms with Crippen molar-refractivity contribution in [1.82, 2.24) is 10.6 Å². The SMILES string of the molecule is O=C(NC1CCC1)c1cc(F)c(C2CCNCC2)cc1F. The minimum absolute atomic E-state index is 0.0319. The minimum Gasteiger partial charge on any atom is -0.349 e. The summed E-state index contributed by atoms with van der Waals surface area (Å²) < 4.78 is 28.4. The Morgan fingerprint density at radius 3 is 2.43 bits per heavy atom. The van der Waals surface area contributed by atoms with Crippen LogP contribution in [0.25, 0.3) is 0 Å². The molecule has 0 atom stereocenters. The predicted molar refractivity (Wildman–Crippen MR) is 76.3 cm³/mol. The van der Waals surface area contributed by atoms with Gasteiger partial charge in [-0.3, -0.25) is 4.79 Å². The van der Waals surface area contributed by atoms with E-state index >= 15 is 0 Å². The van der Waals surface area contributed by atoms with Gasteiger partial charge in [0, 0.05) is 6.04 Å². The third kappa shape index (κ3) is 3.07. The van der Waals surface area contributed by atoms with Gasteiger partial charge in [-0.15, -0.1) is 0 Å². The van der Waals surface area contributed by atoms with E-state index in [4.69, 9.17) is 0 Å². The van der Waals surface area contributed by atoms with Crippen LogP contribution in [0.4, 0.5) is 8.78 Å². The number of piperidine rings is 1. The Morgan fingerprint density at radius 2 is 1.81 bits per heavy atom. The maximum absolute atomic E-state index is 14.2. The van der Waals surface area contributed by atoms with E-state index in [0.29, 0.717) is 5.56 Å². The van der Waals surface area contributed by atoms with Crippen LogP contribution in [0.5, 0.6) is 0 Å². The molecule has 0 spiro atoms. The molecule has 1 heterocycles. The smallest absolute Gasteiger partial charge is 0.254 e. The van der Waals surface area contributed by atoms with E-state index in [1.807, 2.05) is 0 Å². The highest BCUT2D eigenvalue weighted by atomic mass is 19.1. The molecule has 2 fully saturated rings. The summed E-state index contributed by atoms with van der Waals surface area (Å²) in [6.45, 7) is 1.63. The fourth-order valence-electron chi connectivity index (χ4n) is 3.00. The molecule has 2 N–H and O–H groups in total. The molecule has 1 amide bonds. The first-order valence-corrected chi connectivity index (χ1v) is 7.65. The molecule has 1 aliphatic heterocycles. The standard InChI is InChI=1S/C16H20F2N2O/c17-14-9-13(16(21)20-11-2-1-3-11)15(18)8-12(14)10-4-6-19-7-5-10/h8-11,19H,1-7H2,(H,20,21). The second kappa shape index (κ2) is 6.10. The quantitative estimate of drug-likeness (QED) is 0.900. The third-order valence-electron chi connectivity index (χ3n) is 4.55. The van der Waals surface area contributed by atoms with Gasteiger partial charge in [-0.05, 0) is 68.8 Å². The molecular formula is C16H20F2N2O. The molecule has 3 nitrogen and oxygen atoms in total. The fraction of sp³-hybridized carbons (Fsp3) is 0.562. The summed E-state index contributed by atoms with van der Waals surface area (Å²) in [5.74, 6) is -1.57. The van der Waals surface area contributed by atoms with Crippen LogP contribution >= 0.6 is 0 Å². The zero-order valence-electron chi connectivity index (χ0n) is 11.9. The van der Waals surface area contributed by atoms with Crippen LogP contribution in [0.3, 0.4) is 0 Å². The van der Waals surface area contributed by atoms with E-state index in [9.17, 15) is 13.6 Å². The molecule has 0 bridgehead atoms. The monoisotopic (exact) mass is 294 g/mol. The highest BCUT2D eigenvalue weighted by Crippen LogP contribution is 2.29. The van der Waals surface area contributed by atoms with Crippen molar-refractivity contribution in [2.24, 2.45) is 0 Å². The summed E-state index contributed by atoms with van der Waals surface area (Å²) in [5.41, 5.74) is 0.214. The lowest BCUT2D eigenvalue weighted by molar-refractivity contribution is 0.0912. The molecule has 114 valence electrons. The molecule has 1 aromatic carbocycles. The topological polar surface area (TPSA) is 41.1 Å². The van der Waals surface area contributed by atoms with E-state index < -0.39 is 17.5 Å². The van der Waals surface area contributed by atoms with Crippen LogP contribution in [0.15, 0.2) is 12.1 Å². The first kappa shape index (κ1) is 14.4. The van der Waals surface area contributed by atoms with Crippen molar-refractivity contribution >= 4 is 5.91 Å². The number of nitrogens with one attached hydrogen (secondary N) is 2. The van der Waals surface area contributed by atoms with E-state index in [1.54, 1.807) is 0 Å². The lowest BCUT2D eigenvalue weighted by atomic mass is 9.89. The van der Waals surface area contributed by atoms with Gasteiger partial charge >= 0.3 is 0 Å². The molecule has 3 rings (SSSR count). The summed E-state index contributed by atoms with van der Waals surface area (Å²) >= 11 is 0. The highest BCUT2D eigenvalue weighted by molar-refractivity contribution is 5.94. The van der Waals surface area contributed by atoms with E-state index in [0.717, 1.165) is 51.3 Å². The van der Waals surface area contributed by atoms with Crippen LogP contribution in [0.2, 0.25) is 0 Å². The fourth-order valence-corrected chi connectivity index (χ4v) is 3.00. The van der Waals surface area contributed by atoms with E-state index in [1.165, 1.54) is 6.07 Å². The van der Waals surface area contributed by atoms with E-state index in [-0.39, 0.29) is 17.5 Å². The number of benzene rings is 1. The Balaban J connectivity index is 1.79. The predicted octanol–water partition coefficient (Wildman–Crippen LogP) is 2.71. The summed E-state index contributed by atoms with van der Waals surface area (Å²) in [4.78, 5) is 12.0. The van der Waals surface area contributed by atoms with Crippen molar-refractivity contribution in [1.29, 1.82) is 0 Å². The molecule has 1 saturated heterocycles. The van der Waals surface area contributed by atoms with Gasteiger partial charge in [0.05, 0.1) is 5.56 Å². The Labute approximate surface area is 123 Å². The van der Waals surface area contributed by atoms with Gasteiger partial charge in [0.15, 0.2) is 0 Å². The van der Waals surface area contributed by atoms with Crippen molar-refractivity contribution < 1.29 is 13.6 Å². The molecule has 0 radical (unpaired) electrons. The maximum atomic E-state index is 14.2. The van der Waals surface area contributed by atoms with Crippen LogP contribution in [0, 0.1) is 11.6 Å². The normalized spacial score (nSPS) is 20.1. The molecule has 2 aliphatic rings. The van der Waals surface area contributed by atoms with Crippen LogP contribution in [-0.4, -0.2) is 25.0 Å². The van der Waals surface area contributed by atoms with Crippen LogP contribution in [0.1, 0.15) is 53.9 Å². The van der Waals surface area contributed by atoms with Crippen molar-refractivity contribution in [2.75, 3.05) is 13.1 Å². The summed E-state index contributed by atoms with van der Waals surface area (Å²) in [6, 6.07) is 2.38. The number of hydrogen-bond acceptors (Lipinski definition) is 2. The van der Waals surface area contributed by atoms with Gasteiger partial charge in [0.1, 0.15) is 11.6 Å². The number of carbonyl (C=O) groups is 1. The zero-order chi connectivity index (χ0) is 14.8. The van der Waals surface area contributed by atoms with E-state index in [2.05, 4.69) is 10.6 Å². The maximum Gasteiger partial charge on any atom is 0.254 e. The van der Waals surface area contributed by atoms with Crippen molar-refractivity contribution in [3.8, 4) is 0 Å². The van der Waals surface area contributed by atoms with Crippen molar-refractivity contribution in [3.63, 3.8) is 0 Å². The zero-order valence-corrected chi connectivity index (χ0v) is 11.9. The molecule has 5 heteroatoms. The molecular weight excluding hydrogens is 274 g/mol. The first-order valence-electron chi connectivity index (χ1n) is 7.65. The molecule has 1 saturated carbocycles. The second-order valence-corrected chi connectivity index (χ2v) is 5.98. The highest BCUT2D eigenvalue weighted by Gasteiger charge is 2.25. The van der Waals surface area contributed by atoms with Crippen LogP contribution < -0.4 is 10.6 Å². The molecule has 0 unspecified atom stereocenters. The number of halogens is 2. The average Bonchev–Trinajstić information content (AvgIpc) is 2.45. The largest absolute Gasteiger partial charge is 0.349 e. The lowest BCUT2D eigenvalue weighted by Crippen LogP contribution is -2.39. The van der Waals surface area contributed by atoms with Gasteiger partial charge in [0.25, 0.3) is 5.91 Å². The Kier molecular flexibility index (Phi) is 4.19. The van der Waals surface area contributed by atoms with Gasteiger partial charge < -0.3 is 10.6 Å². The van der Waals surface area contributed by atoms with Crippen molar-refractivity contribution in [2.45, 2.75) is 44.1 Å². The third-order valence-corrected chi connectivity index (χ3v) is 4.55. The lowest BCUT2D eigenvalue weighted by Gasteiger charge is -2.27. The summed E-state index contributed by atoms with van der Waals surface area (Å²) in [6.07, 6.45) is 4.51. The average molecular weight is 294 g/mol. The minimum atomic E-state index is -0.623. The molecule has 0 aromatic heterocycles. The first-order chi connectivity index (χ1) is 10.1. The number of rotatable bonds is 3. The number of carbonyl (C=O) groups excluding carboxylic acids is 1. The Morgan fingerprint density at radius 1 is 1.10 bits per heavy atom. The number of hydrogen-bond donors (Lipinski definition) is 2. The van der Waals surface area contributed by atoms with Crippen molar-refractivity contribution in [3.05, 3.63) is 34.9 Å². The van der Waals surface area contributed by atoms with Crippen LogP contribution in [-0.2, 0) is 0 Å². The van der Waals surface area contributed by atoms with Gasteiger partial charge in [-0.2, -0.15) is 0 Å². The Bertz CT molecular complexity index is 537. The summed E-state index contributed by atoms with van der Waals surface area (Å²) in [7, 11) is 0. The molecule has 21 heavy (non-hydrogen) atoms.